The van der Waals surface area contributed by atoms with Crippen LogP contribution in [0, 0.1) is 17.7 Å². The number of nitrogens with zero attached hydrogens (tertiary/aromatic N) is 2. The molecule has 0 spiro atoms. The van der Waals surface area contributed by atoms with Crippen LogP contribution in [0.15, 0.2) is 46.7 Å². The van der Waals surface area contributed by atoms with Gasteiger partial charge in [0.25, 0.3) is 5.91 Å². The van der Waals surface area contributed by atoms with Crippen LogP contribution < -0.4 is 5.73 Å². The third-order valence-electron chi connectivity index (χ3n) is 6.32. The number of nitrogens with two attached hydrogens (primary N) is 1. The van der Waals surface area contributed by atoms with E-state index in [2.05, 4.69) is 4.99 Å². The lowest BCUT2D eigenvalue weighted by molar-refractivity contribution is -0.132. The van der Waals surface area contributed by atoms with Gasteiger partial charge in [0.1, 0.15) is 11.6 Å². The van der Waals surface area contributed by atoms with E-state index in [1.165, 1.54) is 11.0 Å². The Labute approximate surface area is 179 Å². The molecule has 1 aliphatic heterocycles. The van der Waals surface area contributed by atoms with Gasteiger partial charge in [0, 0.05) is 13.0 Å². The highest BCUT2D eigenvalue weighted by atomic mass is 19.3. The van der Waals surface area contributed by atoms with Gasteiger partial charge in [-0.05, 0) is 66.0 Å². The molecule has 1 saturated carbocycles. The van der Waals surface area contributed by atoms with E-state index < -0.39 is 18.1 Å². The summed E-state index contributed by atoms with van der Waals surface area (Å²) < 4.78 is 45.0. The second kappa shape index (κ2) is 7.73. The van der Waals surface area contributed by atoms with Crippen molar-refractivity contribution in [2.45, 2.75) is 51.2 Å². The van der Waals surface area contributed by atoms with Crippen LogP contribution in [0.4, 0.5) is 13.2 Å². The smallest absolute Gasteiger partial charge is 0.387 e. The van der Waals surface area contributed by atoms with Gasteiger partial charge in [-0.3, -0.25) is 9.69 Å². The van der Waals surface area contributed by atoms with Crippen LogP contribution >= 0.6 is 0 Å². The highest BCUT2D eigenvalue weighted by Crippen LogP contribution is 2.49. The maximum Gasteiger partial charge on any atom is 0.387 e. The summed E-state index contributed by atoms with van der Waals surface area (Å²) in [5, 5.41) is 0. The number of benzene rings is 1. The molecule has 1 amide bonds. The van der Waals surface area contributed by atoms with Crippen molar-refractivity contribution in [3.8, 4) is 0 Å². The zero-order chi connectivity index (χ0) is 22.5. The fourth-order valence-electron chi connectivity index (χ4n) is 4.48. The van der Waals surface area contributed by atoms with Crippen molar-refractivity contribution >= 4 is 11.9 Å². The van der Waals surface area contributed by atoms with Crippen LogP contribution in [0.2, 0.25) is 0 Å². The molecular weight excluding hydrogens is 407 g/mol. The largest absolute Gasteiger partial charge is 0.435 e. The molecule has 2 atom stereocenters. The summed E-state index contributed by atoms with van der Waals surface area (Å²) in [6.45, 7) is 0.826. The Bertz CT molecular complexity index is 998. The predicted octanol–water partition coefficient (Wildman–Crippen LogP) is 4.41. The Morgan fingerprint density at radius 2 is 2.00 bits per heavy atom. The zero-order valence-corrected chi connectivity index (χ0v) is 17.7. The van der Waals surface area contributed by atoms with Crippen LogP contribution in [-0.4, -0.2) is 30.4 Å². The number of aliphatic imine (C=N–C) groups is 1. The SMILES string of the molecule is CC(C)c1cc([C@@]2(C3C=C(C4CC4)C(OC(F)F)=CC3)N=C(N)N(C)C2=O)ccc1F. The number of amides is 1. The number of hydrogen-bond donors (Lipinski definition) is 1. The number of carbonyl (C=O) groups excluding carboxylic acids is 1. The molecule has 2 aliphatic carbocycles. The van der Waals surface area contributed by atoms with E-state index in [1.807, 2.05) is 19.9 Å². The summed E-state index contributed by atoms with van der Waals surface area (Å²) in [5.74, 6) is -0.872. The average molecular weight is 433 g/mol. The van der Waals surface area contributed by atoms with Crippen molar-refractivity contribution in [1.82, 2.24) is 4.90 Å². The Balaban J connectivity index is 1.84. The first-order chi connectivity index (χ1) is 14.6. The number of guanidine groups is 1. The van der Waals surface area contributed by atoms with Crippen LogP contribution in [0.3, 0.4) is 0 Å². The van der Waals surface area contributed by atoms with Crippen LogP contribution in [0.5, 0.6) is 0 Å². The summed E-state index contributed by atoms with van der Waals surface area (Å²) in [5.41, 5.74) is 6.35. The second-order valence-corrected chi connectivity index (χ2v) is 8.68. The quantitative estimate of drug-likeness (QED) is 0.723. The topological polar surface area (TPSA) is 67.9 Å². The molecule has 1 aromatic rings. The molecule has 1 aromatic carbocycles. The summed E-state index contributed by atoms with van der Waals surface area (Å²) in [6, 6.07) is 4.58. The number of halogens is 3. The van der Waals surface area contributed by atoms with Crippen molar-refractivity contribution in [2.24, 2.45) is 22.6 Å². The van der Waals surface area contributed by atoms with Gasteiger partial charge in [0.05, 0.1) is 0 Å². The van der Waals surface area contributed by atoms with Gasteiger partial charge in [0.15, 0.2) is 11.5 Å². The molecule has 5 nitrogen and oxygen atoms in total. The maximum absolute atomic E-state index is 14.4. The number of ether oxygens (including phenoxy) is 1. The summed E-state index contributed by atoms with van der Waals surface area (Å²) in [7, 11) is 1.55. The van der Waals surface area contributed by atoms with Crippen LogP contribution in [-0.2, 0) is 15.1 Å². The monoisotopic (exact) mass is 433 g/mol. The molecule has 0 saturated heterocycles. The van der Waals surface area contributed by atoms with E-state index >= 15 is 0 Å². The molecule has 0 radical (unpaired) electrons. The molecule has 3 aliphatic rings. The maximum atomic E-state index is 14.4. The highest BCUT2D eigenvalue weighted by molar-refractivity contribution is 6.07. The van der Waals surface area contributed by atoms with E-state index in [4.69, 9.17) is 10.5 Å². The van der Waals surface area contributed by atoms with Gasteiger partial charge in [0.2, 0.25) is 0 Å². The van der Waals surface area contributed by atoms with Gasteiger partial charge in [-0.25, -0.2) is 9.38 Å². The van der Waals surface area contributed by atoms with E-state index in [0.717, 1.165) is 12.8 Å². The fourth-order valence-corrected chi connectivity index (χ4v) is 4.48. The number of allylic oxidation sites excluding steroid dienone is 2. The lowest BCUT2D eigenvalue weighted by atomic mass is 9.72. The van der Waals surface area contributed by atoms with E-state index in [9.17, 15) is 18.0 Å². The van der Waals surface area contributed by atoms with E-state index in [1.54, 1.807) is 25.3 Å². The Hall–Kier alpha value is -2.77. The van der Waals surface area contributed by atoms with E-state index in [0.29, 0.717) is 16.7 Å². The molecule has 8 heteroatoms. The lowest BCUT2D eigenvalue weighted by Crippen LogP contribution is -2.45. The van der Waals surface area contributed by atoms with Gasteiger partial charge in [-0.2, -0.15) is 8.78 Å². The third-order valence-corrected chi connectivity index (χ3v) is 6.32. The van der Waals surface area contributed by atoms with Gasteiger partial charge >= 0.3 is 6.61 Å². The van der Waals surface area contributed by atoms with Gasteiger partial charge in [-0.15, -0.1) is 0 Å². The minimum Gasteiger partial charge on any atom is -0.435 e. The molecule has 0 bridgehead atoms. The number of alkyl halides is 2. The Kier molecular flexibility index (Phi) is 5.35. The first-order valence-corrected chi connectivity index (χ1v) is 10.5. The summed E-state index contributed by atoms with van der Waals surface area (Å²) in [6.07, 6.45) is 5.46. The Morgan fingerprint density at radius 3 is 2.55 bits per heavy atom. The number of carbonyl (C=O) groups is 1. The van der Waals surface area contributed by atoms with Crippen molar-refractivity contribution in [3.05, 3.63) is 58.6 Å². The highest BCUT2D eigenvalue weighted by Gasteiger charge is 2.54. The van der Waals surface area contributed by atoms with Crippen molar-refractivity contribution in [1.29, 1.82) is 0 Å². The van der Waals surface area contributed by atoms with Crippen molar-refractivity contribution in [3.63, 3.8) is 0 Å². The fraction of sp³-hybridized carbons (Fsp3) is 0.478. The van der Waals surface area contributed by atoms with Crippen LogP contribution in [0.25, 0.3) is 0 Å². The predicted molar refractivity (Wildman–Crippen MR) is 111 cm³/mol. The average Bonchev–Trinajstić information content (AvgIpc) is 3.53. The lowest BCUT2D eigenvalue weighted by Gasteiger charge is -2.35. The normalized spacial score (nSPS) is 26.3. The minimum atomic E-state index is -2.92. The van der Waals surface area contributed by atoms with E-state index in [-0.39, 0.29) is 41.7 Å². The van der Waals surface area contributed by atoms with Crippen LogP contribution in [0.1, 0.15) is 50.2 Å². The minimum absolute atomic E-state index is 0.0698. The molecular formula is C23H26F3N3O2. The van der Waals surface area contributed by atoms with Gasteiger partial charge < -0.3 is 10.5 Å². The summed E-state index contributed by atoms with van der Waals surface area (Å²) in [4.78, 5) is 19.4. The van der Waals surface area contributed by atoms with Gasteiger partial charge in [-0.1, -0.05) is 26.0 Å². The molecule has 1 fully saturated rings. The standard InChI is InChI=1S/C23H26F3N3O2/c1-12(2)16-10-14(6-8-18(16)24)23(20(30)29(3)22(27)28-23)15-7-9-19(31-21(25)26)17(11-15)13-4-5-13/h6,8-13,15,21H,4-5,7H2,1-3H3,(H2,27,28)/t15?,23-/m0/s1. The molecule has 0 aromatic heterocycles. The van der Waals surface area contributed by atoms with Crippen molar-refractivity contribution in [2.75, 3.05) is 7.05 Å². The molecule has 166 valence electrons. The van der Waals surface area contributed by atoms with Crippen molar-refractivity contribution < 1.29 is 22.7 Å². The number of likely N-dealkylation sites (N-methyl/N-ethyl adjacent to an activating group) is 1. The molecule has 4 rings (SSSR count). The number of hydrogen-bond acceptors (Lipinski definition) is 4. The third kappa shape index (κ3) is 3.62. The Morgan fingerprint density at radius 1 is 1.29 bits per heavy atom. The first kappa shape index (κ1) is 21.5. The molecule has 1 unspecified atom stereocenters. The molecule has 31 heavy (non-hydrogen) atoms. The molecule has 2 N–H and O–H groups in total. The summed E-state index contributed by atoms with van der Waals surface area (Å²) >= 11 is 0. The molecule has 1 heterocycles. The first-order valence-electron chi connectivity index (χ1n) is 10.5. The number of rotatable bonds is 6. The zero-order valence-electron chi connectivity index (χ0n) is 17.7. The second-order valence-electron chi connectivity index (χ2n) is 8.68.